The van der Waals surface area contributed by atoms with Gasteiger partial charge < -0.3 is 5.32 Å². The standard InChI is InChI=1S/C20H23ClN2O3S/c21-19-10-8-16(9-11-19)13-22-20(24)18-7-4-12-23(14-18)27(25,26)15-17-5-2-1-3-6-17/h1-3,5-6,8-11,18H,4,7,12-15H2,(H,22,24)/t18-/m0/s1. The molecule has 2 aromatic carbocycles. The van der Waals surface area contributed by atoms with Gasteiger partial charge in [0.2, 0.25) is 15.9 Å². The topological polar surface area (TPSA) is 66.5 Å². The van der Waals surface area contributed by atoms with E-state index in [0.717, 1.165) is 11.1 Å². The van der Waals surface area contributed by atoms with Crippen LogP contribution in [-0.2, 0) is 27.1 Å². The maximum Gasteiger partial charge on any atom is 0.224 e. The summed E-state index contributed by atoms with van der Waals surface area (Å²) in [6.45, 7) is 1.11. The van der Waals surface area contributed by atoms with Crippen molar-refractivity contribution in [2.45, 2.75) is 25.1 Å². The van der Waals surface area contributed by atoms with Crippen molar-refractivity contribution in [1.29, 1.82) is 0 Å². The molecular weight excluding hydrogens is 384 g/mol. The van der Waals surface area contributed by atoms with Gasteiger partial charge in [-0.3, -0.25) is 4.79 Å². The van der Waals surface area contributed by atoms with E-state index in [0.29, 0.717) is 31.0 Å². The summed E-state index contributed by atoms with van der Waals surface area (Å²) in [5.41, 5.74) is 1.71. The van der Waals surface area contributed by atoms with Gasteiger partial charge in [-0.15, -0.1) is 0 Å². The summed E-state index contributed by atoms with van der Waals surface area (Å²) in [4.78, 5) is 12.5. The number of hydrogen-bond acceptors (Lipinski definition) is 3. The van der Waals surface area contributed by atoms with Gasteiger partial charge in [0.15, 0.2) is 0 Å². The fraction of sp³-hybridized carbons (Fsp3) is 0.350. The largest absolute Gasteiger partial charge is 0.352 e. The van der Waals surface area contributed by atoms with Crippen LogP contribution in [0.5, 0.6) is 0 Å². The third-order valence-electron chi connectivity index (χ3n) is 4.72. The number of hydrogen-bond donors (Lipinski definition) is 1. The van der Waals surface area contributed by atoms with Gasteiger partial charge >= 0.3 is 0 Å². The van der Waals surface area contributed by atoms with Gasteiger partial charge in [-0.25, -0.2) is 12.7 Å². The normalized spacial score (nSPS) is 18.2. The lowest BCUT2D eigenvalue weighted by Gasteiger charge is -2.31. The number of halogens is 1. The molecule has 0 spiro atoms. The Morgan fingerprint density at radius 3 is 2.48 bits per heavy atom. The monoisotopic (exact) mass is 406 g/mol. The summed E-state index contributed by atoms with van der Waals surface area (Å²) in [6, 6.07) is 16.4. The van der Waals surface area contributed by atoms with Crippen molar-refractivity contribution in [3.63, 3.8) is 0 Å². The number of amides is 1. The van der Waals surface area contributed by atoms with E-state index < -0.39 is 10.0 Å². The van der Waals surface area contributed by atoms with Crippen LogP contribution < -0.4 is 5.32 Å². The summed E-state index contributed by atoms with van der Waals surface area (Å²) in [5.74, 6) is -0.464. The van der Waals surface area contributed by atoms with Gasteiger partial charge in [-0.05, 0) is 36.1 Å². The van der Waals surface area contributed by atoms with Gasteiger partial charge in [0.1, 0.15) is 0 Å². The van der Waals surface area contributed by atoms with Crippen LogP contribution in [0.4, 0.5) is 0 Å². The Hall–Kier alpha value is -1.89. The highest BCUT2D eigenvalue weighted by atomic mass is 35.5. The van der Waals surface area contributed by atoms with Crippen molar-refractivity contribution in [2.24, 2.45) is 5.92 Å². The lowest BCUT2D eigenvalue weighted by Crippen LogP contribution is -2.45. The van der Waals surface area contributed by atoms with E-state index in [1.807, 2.05) is 30.3 Å². The second-order valence-corrected chi connectivity index (χ2v) is 9.19. The summed E-state index contributed by atoms with van der Waals surface area (Å²) >= 11 is 5.86. The average Bonchev–Trinajstić information content (AvgIpc) is 2.68. The molecule has 0 aliphatic carbocycles. The number of nitrogens with one attached hydrogen (secondary N) is 1. The number of piperidine rings is 1. The molecule has 1 aliphatic rings. The Morgan fingerprint density at radius 1 is 1.07 bits per heavy atom. The zero-order valence-corrected chi connectivity index (χ0v) is 16.5. The number of rotatable bonds is 6. The first-order valence-corrected chi connectivity index (χ1v) is 11.0. The van der Waals surface area contributed by atoms with E-state index >= 15 is 0 Å². The number of nitrogens with zero attached hydrogens (tertiary/aromatic N) is 1. The first-order valence-electron chi connectivity index (χ1n) is 8.98. The number of carbonyl (C=O) groups is 1. The van der Waals surface area contributed by atoms with Crippen LogP contribution >= 0.6 is 11.6 Å². The zero-order chi connectivity index (χ0) is 19.3. The minimum Gasteiger partial charge on any atom is -0.352 e. The summed E-state index contributed by atoms with van der Waals surface area (Å²) < 4.78 is 26.9. The maximum absolute atomic E-state index is 12.7. The van der Waals surface area contributed by atoms with E-state index in [9.17, 15) is 13.2 Å². The first kappa shape index (κ1) is 19.9. The van der Waals surface area contributed by atoms with Crippen LogP contribution in [0.25, 0.3) is 0 Å². The predicted molar refractivity (Wildman–Crippen MR) is 107 cm³/mol. The van der Waals surface area contributed by atoms with Crippen molar-refractivity contribution in [3.8, 4) is 0 Å². The minimum absolute atomic E-state index is 0.0348. The Labute approximate surface area is 165 Å². The molecule has 0 bridgehead atoms. The Balaban J connectivity index is 1.58. The van der Waals surface area contributed by atoms with Crippen molar-refractivity contribution in [2.75, 3.05) is 13.1 Å². The molecule has 0 aromatic heterocycles. The smallest absolute Gasteiger partial charge is 0.224 e. The Morgan fingerprint density at radius 2 is 1.78 bits per heavy atom. The summed E-state index contributed by atoms with van der Waals surface area (Å²) in [5, 5.41) is 3.56. The molecule has 3 rings (SSSR count). The van der Waals surface area contributed by atoms with Gasteiger partial charge in [-0.2, -0.15) is 0 Å². The third kappa shape index (κ3) is 5.54. The van der Waals surface area contributed by atoms with Crippen LogP contribution in [0, 0.1) is 5.92 Å². The van der Waals surface area contributed by atoms with Crippen LogP contribution in [0.3, 0.4) is 0 Å². The molecule has 7 heteroatoms. The van der Waals surface area contributed by atoms with Crippen LogP contribution in [0.1, 0.15) is 24.0 Å². The van der Waals surface area contributed by atoms with E-state index in [1.54, 1.807) is 24.3 Å². The third-order valence-corrected chi connectivity index (χ3v) is 6.79. The van der Waals surface area contributed by atoms with Crippen molar-refractivity contribution < 1.29 is 13.2 Å². The van der Waals surface area contributed by atoms with Gasteiger partial charge in [0.05, 0.1) is 11.7 Å². The van der Waals surface area contributed by atoms with Crippen molar-refractivity contribution in [1.82, 2.24) is 9.62 Å². The fourth-order valence-electron chi connectivity index (χ4n) is 3.22. The number of benzene rings is 2. The van der Waals surface area contributed by atoms with Gasteiger partial charge in [0, 0.05) is 24.7 Å². The molecule has 1 amide bonds. The van der Waals surface area contributed by atoms with Crippen molar-refractivity contribution >= 4 is 27.5 Å². The van der Waals surface area contributed by atoms with E-state index in [1.165, 1.54) is 4.31 Å². The lowest BCUT2D eigenvalue weighted by molar-refractivity contribution is -0.126. The van der Waals surface area contributed by atoms with E-state index in [-0.39, 0.29) is 24.1 Å². The summed E-state index contributed by atoms with van der Waals surface area (Å²) in [7, 11) is -3.44. The molecule has 2 aromatic rings. The van der Waals surface area contributed by atoms with Crippen molar-refractivity contribution in [3.05, 3.63) is 70.7 Å². The molecule has 1 aliphatic heterocycles. The van der Waals surface area contributed by atoms with Gasteiger partial charge in [-0.1, -0.05) is 54.1 Å². The number of sulfonamides is 1. The summed E-state index contributed by atoms with van der Waals surface area (Å²) in [6.07, 6.45) is 1.39. The second kappa shape index (κ2) is 8.87. The zero-order valence-electron chi connectivity index (χ0n) is 15.0. The lowest BCUT2D eigenvalue weighted by atomic mass is 9.99. The Bertz CT molecular complexity index is 870. The molecule has 1 N–H and O–H groups in total. The SMILES string of the molecule is O=C(NCc1ccc(Cl)cc1)[C@H]1CCCN(S(=O)(=O)Cc2ccccc2)C1. The molecule has 27 heavy (non-hydrogen) atoms. The second-order valence-electron chi connectivity index (χ2n) is 6.78. The molecular formula is C20H23ClN2O3S. The highest BCUT2D eigenvalue weighted by molar-refractivity contribution is 7.88. The first-order chi connectivity index (χ1) is 12.9. The van der Waals surface area contributed by atoms with Crippen LogP contribution in [-0.4, -0.2) is 31.7 Å². The molecule has 144 valence electrons. The Kier molecular flexibility index (Phi) is 6.52. The van der Waals surface area contributed by atoms with Gasteiger partial charge in [0.25, 0.3) is 0 Å². The maximum atomic E-state index is 12.7. The van der Waals surface area contributed by atoms with Crippen LogP contribution in [0.2, 0.25) is 5.02 Å². The fourth-order valence-corrected chi connectivity index (χ4v) is 4.96. The number of carbonyl (C=O) groups excluding carboxylic acids is 1. The predicted octanol–water partition coefficient (Wildman–Crippen LogP) is 3.20. The highest BCUT2D eigenvalue weighted by Gasteiger charge is 2.32. The molecule has 0 saturated carbocycles. The highest BCUT2D eigenvalue weighted by Crippen LogP contribution is 2.22. The average molecular weight is 407 g/mol. The molecule has 0 unspecified atom stereocenters. The minimum atomic E-state index is -3.44. The molecule has 5 nitrogen and oxygen atoms in total. The van der Waals surface area contributed by atoms with Crippen LogP contribution in [0.15, 0.2) is 54.6 Å². The molecule has 1 saturated heterocycles. The molecule has 0 radical (unpaired) electrons. The molecule has 1 atom stereocenters. The molecule has 1 fully saturated rings. The molecule has 1 heterocycles. The van der Waals surface area contributed by atoms with E-state index in [4.69, 9.17) is 11.6 Å². The quantitative estimate of drug-likeness (QED) is 0.801. The van der Waals surface area contributed by atoms with E-state index in [2.05, 4.69) is 5.32 Å².